The third-order valence-electron chi connectivity index (χ3n) is 4.23. The van der Waals surface area contributed by atoms with Gasteiger partial charge in [-0.05, 0) is 47.6 Å². The van der Waals surface area contributed by atoms with Gasteiger partial charge in [0.05, 0.1) is 0 Å². The van der Waals surface area contributed by atoms with Crippen LogP contribution in [0.15, 0.2) is 24.3 Å². The van der Waals surface area contributed by atoms with Gasteiger partial charge in [-0.2, -0.15) is 0 Å². The van der Waals surface area contributed by atoms with Crippen LogP contribution >= 0.6 is 0 Å². The van der Waals surface area contributed by atoms with Crippen molar-refractivity contribution in [2.45, 2.75) is 24.7 Å². The lowest BCUT2D eigenvalue weighted by molar-refractivity contribution is 0.638. The average Bonchev–Trinajstić information content (AvgIpc) is 2.74. The molecule has 0 heterocycles. The van der Waals surface area contributed by atoms with E-state index >= 15 is 0 Å². The summed E-state index contributed by atoms with van der Waals surface area (Å²) in [4.78, 5) is 0. The van der Waals surface area contributed by atoms with Gasteiger partial charge < -0.3 is 0 Å². The Morgan fingerprint density at radius 1 is 0.833 bits per heavy atom. The Morgan fingerprint density at radius 2 is 1.42 bits per heavy atom. The SMILES string of the molecule is c1ccc2c(c1)[C@H]1C[C@@H]2[C@@H]2C[C@@H]21. The Kier molecular flexibility index (Phi) is 0.778. The summed E-state index contributed by atoms with van der Waals surface area (Å²) in [5.41, 5.74) is 3.39. The van der Waals surface area contributed by atoms with E-state index in [-0.39, 0.29) is 0 Å². The van der Waals surface area contributed by atoms with E-state index in [9.17, 15) is 0 Å². The molecule has 0 amide bonds. The molecule has 2 bridgehead atoms. The number of benzene rings is 1. The van der Waals surface area contributed by atoms with Crippen molar-refractivity contribution in [2.75, 3.05) is 0 Å². The van der Waals surface area contributed by atoms with Crippen molar-refractivity contribution in [2.24, 2.45) is 11.8 Å². The Morgan fingerprint density at radius 3 is 2.00 bits per heavy atom. The van der Waals surface area contributed by atoms with Crippen LogP contribution < -0.4 is 0 Å². The van der Waals surface area contributed by atoms with E-state index in [1.165, 1.54) is 12.8 Å². The Balaban J connectivity index is 2.01. The summed E-state index contributed by atoms with van der Waals surface area (Å²) in [7, 11) is 0. The van der Waals surface area contributed by atoms with E-state index in [1.54, 1.807) is 11.1 Å². The molecule has 12 heavy (non-hydrogen) atoms. The van der Waals surface area contributed by atoms with Crippen molar-refractivity contribution in [3.05, 3.63) is 35.4 Å². The third kappa shape index (κ3) is 0.475. The van der Waals surface area contributed by atoms with Crippen LogP contribution in [0, 0.1) is 11.8 Å². The minimum absolute atomic E-state index is 0.969. The molecule has 3 aliphatic carbocycles. The maximum absolute atomic E-state index is 2.36. The van der Waals surface area contributed by atoms with Gasteiger partial charge in [-0.3, -0.25) is 0 Å². The molecule has 60 valence electrons. The first-order valence-corrected chi connectivity index (χ1v) is 5.04. The highest BCUT2D eigenvalue weighted by molar-refractivity contribution is 5.45. The van der Waals surface area contributed by atoms with Gasteiger partial charge in [0.15, 0.2) is 0 Å². The van der Waals surface area contributed by atoms with Gasteiger partial charge in [-0.1, -0.05) is 24.3 Å². The van der Waals surface area contributed by atoms with E-state index in [1.807, 2.05) is 0 Å². The summed E-state index contributed by atoms with van der Waals surface area (Å²) in [5.74, 6) is 4.14. The van der Waals surface area contributed by atoms with Gasteiger partial charge in [-0.15, -0.1) is 0 Å². The molecule has 0 spiro atoms. The molecule has 0 saturated heterocycles. The first kappa shape index (κ1) is 5.80. The molecule has 4 atom stereocenters. The van der Waals surface area contributed by atoms with Crippen LogP contribution in [-0.2, 0) is 0 Å². The number of hydrogen-bond donors (Lipinski definition) is 0. The smallest absolute Gasteiger partial charge is 0.0122 e. The maximum atomic E-state index is 2.36. The van der Waals surface area contributed by atoms with Crippen LogP contribution in [0.4, 0.5) is 0 Å². The molecular formula is C12H12. The van der Waals surface area contributed by atoms with Crippen LogP contribution in [0.5, 0.6) is 0 Å². The summed E-state index contributed by atoms with van der Waals surface area (Å²) in [6.07, 6.45) is 3.01. The summed E-state index contributed by atoms with van der Waals surface area (Å²) >= 11 is 0. The highest BCUT2D eigenvalue weighted by Gasteiger charge is 2.59. The van der Waals surface area contributed by atoms with Crippen molar-refractivity contribution < 1.29 is 0 Å². The second-order valence-electron chi connectivity index (χ2n) is 4.64. The predicted molar refractivity (Wildman–Crippen MR) is 48.1 cm³/mol. The van der Waals surface area contributed by atoms with Gasteiger partial charge in [0.25, 0.3) is 0 Å². The number of fused-ring (bicyclic) bond motifs is 8. The van der Waals surface area contributed by atoms with E-state index in [0.717, 1.165) is 23.7 Å². The zero-order chi connectivity index (χ0) is 7.71. The number of hydrogen-bond acceptors (Lipinski definition) is 0. The molecule has 2 saturated carbocycles. The van der Waals surface area contributed by atoms with Gasteiger partial charge in [0.2, 0.25) is 0 Å². The second-order valence-corrected chi connectivity index (χ2v) is 4.64. The summed E-state index contributed by atoms with van der Waals surface area (Å²) in [6.45, 7) is 0. The fourth-order valence-corrected chi connectivity index (χ4v) is 3.69. The lowest BCUT2D eigenvalue weighted by Crippen LogP contribution is -1.99. The first-order chi connectivity index (χ1) is 5.95. The van der Waals surface area contributed by atoms with E-state index in [4.69, 9.17) is 0 Å². The van der Waals surface area contributed by atoms with Crippen LogP contribution in [0.3, 0.4) is 0 Å². The fourth-order valence-electron chi connectivity index (χ4n) is 3.69. The molecule has 3 aliphatic rings. The molecule has 0 heteroatoms. The van der Waals surface area contributed by atoms with Crippen LogP contribution in [0.25, 0.3) is 0 Å². The summed E-state index contributed by atoms with van der Waals surface area (Å²) in [5, 5.41) is 0. The molecule has 1 aromatic rings. The van der Waals surface area contributed by atoms with Crippen molar-refractivity contribution >= 4 is 0 Å². The van der Waals surface area contributed by atoms with Crippen LogP contribution in [0.1, 0.15) is 35.8 Å². The average molecular weight is 156 g/mol. The Hall–Kier alpha value is -0.780. The Labute approximate surface area is 72.6 Å². The predicted octanol–water partition coefficient (Wildman–Crippen LogP) is 2.91. The molecule has 1 aromatic carbocycles. The lowest BCUT2D eigenvalue weighted by Gasteiger charge is -2.12. The molecule has 0 aliphatic heterocycles. The topological polar surface area (TPSA) is 0 Å². The largest absolute Gasteiger partial charge is 0.0620 e. The molecule has 0 radical (unpaired) electrons. The molecular weight excluding hydrogens is 144 g/mol. The maximum Gasteiger partial charge on any atom is -0.0122 e. The fraction of sp³-hybridized carbons (Fsp3) is 0.500. The monoisotopic (exact) mass is 156 g/mol. The Bertz CT molecular complexity index is 320. The van der Waals surface area contributed by atoms with Crippen molar-refractivity contribution in [1.82, 2.24) is 0 Å². The zero-order valence-electron chi connectivity index (χ0n) is 7.03. The highest BCUT2D eigenvalue weighted by atomic mass is 14.6. The molecule has 0 aromatic heterocycles. The minimum Gasteiger partial charge on any atom is -0.0620 e. The van der Waals surface area contributed by atoms with Gasteiger partial charge in [0.1, 0.15) is 0 Å². The second kappa shape index (κ2) is 1.61. The lowest BCUT2D eigenvalue weighted by atomic mass is 9.92. The molecule has 0 unspecified atom stereocenters. The molecule has 0 N–H and O–H groups in total. The standard InChI is InChI=1S/C12H12/c1-2-4-8-7(3-1)9-5-10(8)12-6-11(9)12/h1-4,9-12H,5-6H2/t9-,10+,11-,12+. The van der Waals surface area contributed by atoms with Crippen molar-refractivity contribution in [3.63, 3.8) is 0 Å². The summed E-state index contributed by atoms with van der Waals surface area (Å²) in [6, 6.07) is 9.12. The van der Waals surface area contributed by atoms with Crippen LogP contribution in [0.2, 0.25) is 0 Å². The van der Waals surface area contributed by atoms with Gasteiger partial charge >= 0.3 is 0 Å². The number of rotatable bonds is 0. The first-order valence-electron chi connectivity index (χ1n) is 5.04. The third-order valence-corrected chi connectivity index (χ3v) is 4.23. The van der Waals surface area contributed by atoms with Crippen molar-refractivity contribution in [1.29, 1.82) is 0 Å². The quantitative estimate of drug-likeness (QED) is 0.541. The molecule has 4 rings (SSSR count). The zero-order valence-corrected chi connectivity index (χ0v) is 7.03. The van der Waals surface area contributed by atoms with Crippen LogP contribution in [-0.4, -0.2) is 0 Å². The van der Waals surface area contributed by atoms with E-state index in [2.05, 4.69) is 24.3 Å². The normalized spacial score (nSPS) is 45.7. The van der Waals surface area contributed by atoms with E-state index < -0.39 is 0 Å². The van der Waals surface area contributed by atoms with Crippen molar-refractivity contribution in [3.8, 4) is 0 Å². The highest BCUT2D eigenvalue weighted by Crippen LogP contribution is 2.70. The molecule has 2 fully saturated rings. The van der Waals surface area contributed by atoms with Gasteiger partial charge in [0, 0.05) is 0 Å². The van der Waals surface area contributed by atoms with E-state index in [0.29, 0.717) is 0 Å². The molecule has 0 nitrogen and oxygen atoms in total. The summed E-state index contributed by atoms with van der Waals surface area (Å²) < 4.78 is 0. The van der Waals surface area contributed by atoms with Gasteiger partial charge in [-0.25, -0.2) is 0 Å². The minimum atomic E-state index is 0.969.